The predicted molar refractivity (Wildman–Crippen MR) is 106 cm³/mol. The van der Waals surface area contributed by atoms with Gasteiger partial charge in [-0.25, -0.2) is 0 Å². The number of nitrogens with zero attached hydrogens (tertiary/aromatic N) is 3. The molecule has 2 heterocycles. The first-order valence-corrected chi connectivity index (χ1v) is 9.64. The number of thioether (sulfide) groups is 1. The van der Waals surface area contributed by atoms with Gasteiger partial charge in [-0.2, -0.15) is 0 Å². The Morgan fingerprint density at radius 1 is 1.08 bits per heavy atom. The fourth-order valence-corrected chi connectivity index (χ4v) is 3.95. The highest BCUT2D eigenvalue weighted by atomic mass is 32.2. The average Bonchev–Trinajstić information content (AvgIpc) is 3.09. The third-order valence-corrected chi connectivity index (χ3v) is 5.52. The van der Waals surface area contributed by atoms with Gasteiger partial charge >= 0.3 is 0 Å². The van der Waals surface area contributed by atoms with E-state index in [1.54, 1.807) is 0 Å². The van der Waals surface area contributed by atoms with E-state index in [0.29, 0.717) is 5.75 Å². The van der Waals surface area contributed by atoms with Crippen LogP contribution in [-0.4, -0.2) is 26.1 Å². The van der Waals surface area contributed by atoms with Crippen LogP contribution in [0.5, 0.6) is 0 Å². The predicted octanol–water partition coefficient (Wildman–Crippen LogP) is 4.73. The van der Waals surface area contributed by atoms with Gasteiger partial charge in [-0.1, -0.05) is 61.2 Å². The van der Waals surface area contributed by atoms with Crippen molar-refractivity contribution in [1.82, 2.24) is 14.6 Å². The normalized spacial score (nSPS) is 11.3. The molecule has 4 rings (SSSR count). The summed E-state index contributed by atoms with van der Waals surface area (Å²) >= 11 is 1.43. The highest BCUT2D eigenvalue weighted by molar-refractivity contribution is 7.99. The van der Waals surface area contributed by atoms with E-state index >= 15 is 0 Å². The molecule has 4 nitrogen and oxygen atoms in total. The number of carbonyl (C=O) groups is 1. The number of Topliss-reactive ketones (excluding diaryl/α,β-unsaturated/α-hetero) is 1. The minimum Gasteiger partial charge on any atom is -0.293 e. The van der Waals surface area contributed by atoms with E-state index in [1.807, 2.05) is 46.9 Å². The monoisotopic (exact) mass is 361 g/mol. The number of rotatable bonds is 5. The molecule has 26 heavy (non-hydrogen) atoms. The number of fused-ring (bicyclic) bond motifs is 3. The SMILES string of the molecule is CCc1ccc(C(=O)CSc2nnc3cc(C)c4ccccc4n23)cc1. The van der Waals surface area contributed by atoms with Crippen LogP contribution in [0.25, 0.3) is 16.6 Å². The Kier molecular flexibility index (Phi) is 4.47. The van der Waals surface area contributed by atoms with Crippen LogP contribution in [0.2, 0.25) is 0 Å². The summed E-state index contributed by atoms with van der Waals surface area (Å²) in [6.45, 7) is 4.18. The molecule has 0 amide bonds. The first-order valence-electron chi connectivity index (χ1n) is 8.66. The maximum absolute atomic E-state index is 12.5. The number of aryl methyl sites for hydroxylation is 2. The van der Waals surface area contributed by atoms with Gasteiger partial charge in [0, 0.05) is 10.9 Å². The summed E-state index contributed by atoms with van der Waals surface area (Å²) in [5.41, 5.74) is 5.02. The molecule has 0 bridgehead atoms. The van der Waals surface area contributed by atoms with Crippen molar-refractivity contribution in [2.75, 3.05) is 5.75 Å². The molecular formula is C21H19N3OS. The largest absolute Gasteiger partial charge is 0.293 e. The third kappa shape index (κ3) is 2.99. The van der Waals surface area contributed by atoms with Crippen LogP contribution in [0.15, 0.2) is 59.8 Å². The number of ketones is 1. The van der Waals surface area contributed by atoms with Gasteiger partial charge in [0.25, 0.3) is 0 Å². The Morgan fingerprint density at radius 2 is 1.85 bits per heavy atom. The van der Waals surface area contributed by atoms with Crippen molar-refractivity contribution in [2.24, 2.45) is 0 Å². The van der Waals surface area contributed by atoms with Crippen LogP contribution in [0.4, 0.5) is 0 Å². The lowest BCUT2D eigenvalue weighted by Gasteiger charge is -2.07. The Morgan fingerprint density at radius 3 is 2.62 bits per heavy atom. The maximum Gasteiger partial charge on any atom is 0.196 e. The number of aromatic nitrogens is 3. The van der Waals surface area contributed by atoms with Crippen LogP contribution in [-0.2, 0) is 6.42 Å². The first-order chi connectivity index (χ1) is 12.7. The van der Waals surface area contributed by atoms with Gasteiger partial charge in [-0.15, -0.1) is 10.2 Å². The summed E-state index contributed by atoms with van der Waals surface area (Å²) in [6.07, 6.45) is 0.974. The number of carbonyl (C=O) groups excluding carboxylic acids is 1. The summed E-state index contributed by atoms with van der Waals surface area (Å²) in [5.74, 6) is 0.444. The molecule has 0 aliphatic carbocycles. The molecule has 0 unspecified atom stereocenters. The zero-order valence-corrected chi connectivity index (χ0v) is 15.6. The van der Waals surface area contributed by atoms with E-state index in [1.165, 1.54) is 28.3 Å². The first kappa shape index (κ1) is 16.8. The van der Waals surface area contributed by atoms with E-state index < -0.39 is 0 Å². The van der Waals surface area contributed by atoms with Crippen LogP contribution in [0.3, 0.4) is 0 Å². The molecule has 0 saturated carbocycles. The second kappa shape index (κ2) is 6.92. The van der Waals surface area contributed by atoms with E-state index in [2.05, 4.69) is 36.2 Å². The van der Waals surface area contributed by atoms with Crippen molar-refractivity contribution in [2.45, 2.75) is 25.4 Å². The van der Waals surface area contributed by atoms with Crippen LogP contribution < -0.4 is 0 Å². The quantitative estimate of drug-likeness (QED) is 0.381. The van der Waals surface area contributed by atoms with E-state index in [0.717, 1.165) is 28.3 Å². The molecule has 0 atom stereocenters. The fourth-order valence-electron chi connectivity index (χ4n) is 3.11. The van der Waals surface area contributed by atoms with Crippen molar-refractivity contribution in [3.8, 4) is 0 Å². The lowest BCUT2D eigenvalue weighted by Crippen LogP contribution is -2.03. The van der Waals surface area contributed by atoms with Gasteiger partial charge in [0.15, 0.2) is 16.6 Å². The molecule has 0 radical (unpaired) electrons. The lowest BCUT2D eigenvalue weighted by atomic mass is 10.1. The lowest BCUT2D eigenvalue weighted by molar-refractivity contribution is 0.102. The second-order valence-electron chi connectivity index (χ2n) is 6.28. The minimum absolute atomic E-state index is 0.103. The van der Waals surface area contributed by atoms with Crippen LogP contribution in [0.1, 0.15) is 28.4 Å². The summed E-state index contributed by atoms with van der Waals surface area (Å²) in [5, 5.41) is 10.5. The molecule has 0 aliphatic rings. The molecule has 0 N–H and O–H groups in total. The molecule has 4 aromatic rings. The molecule has 0 saturated heterocycles. The standard InChI is InChI=1S/C21H19N3OS/c1-3-15-8-10-16(11-9-15)19(25)13-26-21-23-22-20-12-14(2)17-6-4-5-7-18(17)24(20)21/h4-12H,3,13H2,1-2H3. The van der Waals surface area contributed by atoms with Gasteiger partial charge in [-0.3, -0.25) is 9.20 Å². The highest BCUT2D eigenvalue weighted by Gasteiger charge is 2.14. The van der Waals surface area contributed by atoms with E-state index in [9.17, 15) is 4.79 Å². The molecular weight excluding hydrogens is 342 g/mol. The van der Waals surface area contributed by atoms with Crippen molar-refractivity contribution in [3.05, 3.63) is 71.3 Å². The van der Waals surface area contributed by atoms with Crippen LogP contribution >= 0.6 is 11.8 Å². The summed E-state index contributed by atoms with van der Waals surface area (Å²) in [4.78, 5) is 12.5. The van der Waals surface area contributed by atoms with Crippen molar-refractivity contribution in [3.63, 3.8) is 0 Å². The molecule has 2 aromatic carbocycles. The summed E-state index contributed by atoms with van der Waals surface area (Å²) in [7, 11) is 0. The Labute approximate surface area is 156 Å². The molecule has 0 spiro atoms. The Hall–Kier alpha value is -2.66. The van der Waals surface area contributed by atoms with Crippen LogP contribution in [0, 0.1) is 6.92 Å². The molecule has 0 aliphatic heterocycles. The molecule has 5 heteroatoms. The van der Waals surface area contributed by atoms with Gasteiger partial charge < -0.3 is 0 Å². The van der Waals surface area contributed by atoms with E-state index in [-0.39, 0.29) is 5.78 Å². The Bertz CT molecular complexity index is 1100. The van der Waals surface area contributed by atoms with Gasteiger partial charge in [-0.05, 0) is 36.6 Å². The third-order valence-electron chi connectivity index (χ3n) is 4.59. The highest BCUT2D eigenvalue weighted by Crippen LogP contribution is 2.26. The van der Waals surface area contributed by atoms with Gasteiger partial charge in [0.05, 0.1) is 11.3 Å². The summed E-state index contributed by atoms with van der Waals surface area (Å²) < 4.78 is 2.03. The number of pyridine rings is 1. The number of para-hydroxylation sites is 1. The maximum atomic E-state index is 12.5. The smallest absolute Gasteiger partial charge is 0.196 e. The summed E-state index contributed by atoms with van der Waals surface area (Å²) in [6, 6.07) is 18.1. The molecule has 2 aromatic heterocycles. The molecule has 0 fully saturated rings. The fraction of sp³-hybridized carbons (Fsp3) is 0.190. The second-order valence-corrected chi connectivity index (χ2v) is 7.23. The van der Waals surface area contributed by atoms with Crippen molar-refractivity contribution < 1.29 is 4.79 Å². The molecule has 130 valence electrons. The minimum atomic E-state index is 0.103. The Balaban J connectivity index is 1.63. The number of hydrogen-bond donors (Lipinski definition) is 0. The van der Waals surface area contributed by atoms with Gasteiger partial charge in [0.2, 0.25) is 0 Å². The number of benzene rings is 2. The average molecular weight is 361 g/mol. The van der Waals surface area contributed by atoms with E-state index in [4.69, 9.17) is 0 Å². The number of hydrogen-bond acceptors (Lipinski definition) is 4. The van der Waals surface area contributed by atoms with Gasteiger partial charge in [0.1, 0.15) is 0 Å². The zero-order chi connectivity index (χ0) is 18.1. The topological polar surface area (TPSA) is 47.3 Å². The van der Waals surface area contributed by atoms with Crippen molar-refractivity contribution in [1.29, 1.82) is 0 Å². The van der Waals surface area contributed by atoms with Crippen molar-refractivity contribution >= 4 is 34.1 Å². The zero-order valence-electron chi connectivity index (χ0n) is 14.8.